The van der Waals surface area contributed by atoms with Crippen molar-refractivity contribution in [2.45, 2.75) is 6.92 Å². The van der Waals surface area contributed by atoms with Crippen LogP contribution in [0.4, 0.5) is 0 Å². The average Bonchev–Trinajstić information content (AvgIpc) is 2.45. The van der Waals surface area contributed by atoms with Crippen molar-refractivity contribution in [1.82, 2.24) is 0 Å². The Morgan fingerprint density at radius 1 is 1.50 bits per heavy atom. The maximum atomic E-state index is 11.6. The van der Waals surface area contributed by atoms with Gasteiger partial charge in [-0.25, -0.2) is 4.79 Å². The number of furan rings is 1. The molecule has 4 nitrogen and oxygen atoms in total. The Morgan fingerprint density at radius 3 is 2.43 bits per heavy atom. The van der Waals surface area contributed by atoms with Crippen LogP contribution in [0.25, 0.3) is 0 Å². The molecule has 0 radical (unpaired) electrons. The van der Waals surface area contributed by atoms with Crippen molar-refractivity contribution < 1.29 is 18.5 Å². The number of rotatable bonds is 2. The summed E-state index contributed by atoms with van der Waals surface area (Å²) in [4.78, 5) is 11.2. The molecule has 1 heterocycles. The van der Waals surface area contributed by atoms with Gasteiger partial charge in [-0.2, -0.15) is 0 Å². The average molecular weight is 216 g/mol. The summed E-state index contributed by atoms with van der Waals surface area (Å²) in [5.41, 5.74) is 1.01. The number of methoxy groups -OCH3 is 1. The Morgan fingerprint density at radius 2 is 2.07 bits per heavy atom. The number of ether oxygens (including phenoxy) is 1. The third-order valence-corrected chi connectivity index (χ3v) is 3.09. The molecule has 5 heteroatoms. The van der Waals surface area contributed by atoms with E-state index in [2.05, 4.69) is 4.74 Å². The van der Waals surface area contributed by atoms with Gasteiger partial charge in [-0.1, -0.05) is 0 Å². The highest BCUT2D eigenvalue weighted by atomic mass is 31.2. The van der Waals surface area contributed by atoms with Crippen LogP contribution in [0.1, 0.15) is 16.1 Å². The second-order valence-electron chi connectivity index (χ2n) is 3.44. The summed E-state index contributed by atoms with van der Waals surface area (Å²) in [5, 5.41) is 0. The molecule has 14 heavy (non-hydrogen) atoms. The van der Waals surface area contributed by atoms with E-state index in [0.717, 1.165) is 0 Å². The fourth-order valence-electron chi connectivity index (χ4n) is 1.03. The first-order chi connectivity index (χ1) is 6.36. The lowest BCUT2D eigenvalue weighted by atomic mass is 10.3. The minimum absolute atomic E-state index is 0.131. The molecule has 0 spiro atoms. The highest BCUT2D eigenvalue weighted by Gasteiger charge is 2.22. The molecular formula is C9H13O4P. The van der Waals surface area contributed by atoms with Crippen molar-refractivity contribution >= 4 is 18.6 Å². The summed E-state index contributed by atoms with van der Waals surface area (Å²) in [5.74, 6) is -0.409. The lowest BCUT2D eigenvalue weighted by molar-refractivity contribution is 0.0566. The molecule has 78 valence electrons. The summed E-state index contributed by atoms with van der Waals surface area (Å²) in [7, 11) is -1.17. The number of carbonyl (C=O) groups is 1. The van der Waals surface area contributed by atoms with Crippen LogP contribution in [0.5, 0.6) is 0 Å². The molecule has 0 aromatic carbocycles. The molecule has 0 N–H and O–H groups in total. The van der Waals surface area contributed by atoms with E-state index in [0.29, 0.717) is 11.1 Å². The SMILES string of the molecule is COC(=O)c1oc(P(C)(C)=O)cc1C. The Hall–Kier alpha value is -1.02. The first kappa shape index (κ1) is 11.1. The molecule has 0 saturated carbocycles. The van der Waals surface area contributed by atoms with E-state index in [1.165, 1.54) is 7.11 Å². The van der Waals surface area contributed by atoms with Crippen molar-refractivity contribution in [3.05, 3.63) is 17.4 Å². The van der Waals surface area contributed by atoms with Crippen LogP contribution < -0.4 is 5.50 Å². The molecule has 0 aliphatic carbocycles. The maximum absolute atomic E-state index is 11.6. The van der Waals surface area contributed by atoms with E-state index in [9.17, 15) is 9.36 Å². The van der Waals surface area contributed by atoms with Crippen molar-refractivity contribution in [3.8, 4) is 0 Å². The van der Waals surface area contributed by atoms with Gasteiger partial charge in [0.25, 0.3) is 0 Å². The standard InChI is InChI=1S/C9H13O4P/c1-6-5-7(14(3,4)11)13-8(6)9(10)12-2/h5H,1-4H3. The molecule has 1 aromatic rings. The number of aryl methyl sites for hydroxylation is 1. The first-order valence-corrected chi connectivity index (χ1v) is 6.70. The molecular weight excluding hydrogens is 203 g/mol. The van der Waals surface area contributed by atoms with Crippen molar-refractivity contribution in [2.75, 3.05) is 20.4 Å². The summed E-state index contributed by atoms with van der Waals surface area (Å²) >= 11 is 0. The predicted molar refractivity (Wildman–Crippen MR) is 53.9 cm³/mol. The highest BCUT2D eigenvalue weighted by molar-refractivity contribution is 7.69. The van der Waals surface area contributed by atoms with E-state index in [1.807, 2.05) is 0 Å². The fraction of sp³-hybridized carbons (Fsp3) is 0.444. The molecule has 0 atom stereocenters. The zero-order valence-corrected chi connectivity index (χ0v) is 9.55. The monoisotopic (exact) mass is 216 g/mol. The third-order valence-electron chi connectivity index (χ3n) is 1.81. The van der Waals surface area contributed by atoms with Gasteiger partial charge in [0.05, 0.1) is 7.11 Å². The van der Waals surface area contributed by atoms with Crippen LogP contribution in [0.15, 0.2) is 10.5 Å². The van der Waals surface area contributed by atoms with Gasteiger partial charge in [-0.15, -0.1) is 0 Å². The Balaban J connectivity index is 3.18. The van der Waals surface area contributed by atoms with Crippen LogP contribution in [0, 0.1) is 6.92 Å². The largest absolute Gasteiger partial charge is 0.463 e. The molecule has 0 aliphatic rings. The summed E-state index contributed by atoms with van der Waals surface area (Å²) in [6, 6.07) is 1.62. The Bertz CT molecular complexity index is 399. The van der Waals surface area contributed by atoms with Gasteiger partial charge in [0.1, 0.15) is 7.14 Å². The van der Waals surface area contributed by atoms with Crippen LogP contribution in [-0.4, -0.2) is 26.4 Å². The zero-order chi connectivity index (χ0) is 10.9. The lowest BCUT2D eigenvalue weighted by Crippen LogP contribution is -2.02. The summed E-state index contributed by atoms with van der Waals surface area (Å²) < 4.78 is 21.4. The predicted octanol–water partition coefficient (Wildman–Crippen LogP) is 1.62. The number of esters is 1. The molecule has 0 aliphatic heterocycles. The Labute approximate surface area is 82.6 Å². The Kier molecular flexibility index (Phi) is 2.86. The van der Waals surface area contributed by atoms with Crippen LogP contribution in [-0.2, 0) is 9.30 Å². The van der Waals surface area contributed by atoms with Crippen molar-refractivity contribution in [1.29, 1.82) is 0 Å². The van der Waals surface area contributed by atoms with E-state index in [4.69, 9.17) is 4.42 Å². The van der Waals surface area contributed by atoms with E-state index in [-0.39, 0.29) is 5.76 Å². The molecule has 0 fully saturated rings. The zero-order valence-electron chi connectivity index (χ0n) is 8.66. The van der Waals surface area contributed by atoms with Gasteiger partial charge in [-0.05, 0) is 26.3 Å². The van der Waals surface area contributed by atoms with Gasteiger partial charge in [0.2, 0.25) is 5.76 Å². The lowest BCUT2D eigenvalue weighted by Gasteiger charge is -2.00. The van der Waals surface area contributed by atoms with Gasteiger partial charge in [0.15, 0.2) is 5.50 Å². The molecule has 0 unspecified atom stereocenters. The summed E-state index contributed by atoms with van der Waals surface area (Å²) in [6.45, 7) is 4.90. The minimum Gasteiger partial charge on any atom is -0.463 e. The van der Waals surface area contributed by atoms with Crippen LogP contribution in [0.3, 0.4) is 0 Å². The minimum atomic E-state index is -2.45. The van der Waals surface area contributed by atoms with Gasteiger partial charge < -0.3 is 13.7 Å². The quantitative estimate of drug-likeness (QED) is 0.556. The third kappa shape index (κ3) is 2.07. The molecule has 1 aromatic heterocycles. The maximum Gasteiger partial charge on any atom is 0.374 e. The van der Waals surface area contributed by atoms with Crippen molar-refractivity contribution in [3.63, 3.8) is 0 Å². The normalized spacial score (nSPS) is 11.4. The van der Waals surface area contributed by atoms with Gasteiger partial charge >= 0.3 is 5.97 Å². The van der Waals surface area contributed by atoms with E-state index >= 15 is 0 Å². The smallest absolute Gasteiger partial charge is 0.374 e. The number of hydrogen-bond acceptors (Lipinski definition) is 4. The summed E-state index contributed by atoms with van der Waals surface area (Å²) in [6.07, 6.45) is 0. The molecule has 0 saturated heterocycles. The van der Waals surface area contributed by atoms with Crippen LogP contribution >= 0.6 is 7.14 Å². The van der Waals surface area contributed by atoms with E-state index < -0.39 is 13.1 Å². The van der Waals surface area contributed by atoms with E-state index in [1.54, 1.807) is 26.3 Å². The first-order valence-electron chi connectivity index (χ1n) is 4.10. The van der Waals surface area contributed by atoms with Gasteiger partial charge in [-0.3, -0.25) is 0 Å². The molecule has 0 bridgehead atoms. The second kappa shape index (κ2) is 3.62. The molecule has 0 amide bonds. The molecule has 1 rings (SSSR count). The van der Waals surface area contributed by atoms with Crippen molar-refractivity contribution in [2.24, 2.45) is 0 Å². The topological polar surface area (TPSA) is 56.5 Å². The number of hydrogen-bond donors (Lipinski definition) is 0. The highest BCUT2D eigenvalue weighted by Crippen LogP contribution is 2.36. The fourth-order valence-corrected chi connectivity index (χ4v) is 1.84. The van der Waals surface area contributed by atoms with Gasteiger partial charge in [0, 0.05) is 5.56 Å². The second-order valence-corrected chi connectivity index (χ2v) is 6.58. The number of carbonyl (C=O) groups excluding carboxylic acids is 1. The van der Waals surface area contributed by atoms with Crippen LogP contribution in [0.2, 0.25) is 0 Å².